The molecule has 0 aliphatic carbocycles. The molecular weight excluding hydrogens is 330 g/mol. The van der Waals surface area contributed by atoms with Gasteiger partial charge in [-0.3, -0.25) is 5.32 Å². The van der Waals surface area contributed by atoms with Crippen molar-refractivity contribution in [2.24, 2.45) is 5.92 Å². The van der Waals surface area contributed by atoms with Crippen molar-refractivity contribution in [1.29, 1.82) is 0 Å². The zero-order valence-electron chi connectivity index (χ0n) is 15.4. The van der Waals surface area contributed by atoms with Crippen LogP contribution >= 0.6 is 0 Å². The van der Waals surface area contributed by atoms with Crippen molar-refractivity contribution < 1.29 is 19.4 Å². The molecule has 5 heteroatoms. The average Bonchev–Trinajstić information content (AvgIpc) is 2.57. The molecular formula is C21H25NO4. The minimum absolute atomic E-state index is 0.0401. The van der Waals surface area contributed by atoms with Gasteiger partial charge in [0.05, 0.1) is 12.7 Å². The van der Waals surface area contributed by atoms with Crippen LogP contribution in [-0.2, 0) is 11.2 Å². The second-order valence-corrected chi connectivity index (χ2v) is 7.59. The second-order valence-electron chi connectivity index (χ2n) is 7.59. The van der Waals surface area contributed by atoms with Gasteiger partial charge in [-0.2, -0.15) is 0 Å². The van der Waals surface area contributed by atoms with Crippen molar-refractivity contribution in [3.8, 4) is 5.75 Å². The number of hydrogen-bond donors (Lipinski definition) is 2. The number of anilines is 1. The maximum absolute atomic E-state index is 12.0. The number of aliphatic hydroxyl groups is 1. The number of ether oxygens (including phenoxy) is 2. The van der Waals surface area contributed by atoms with Crippen LogP contribution in [0.25, 0.3) is 0 Å². The molecule has 2 aromatic rings. The van der Waals surface area contributed by atoms with Gasteiger partial charge in [0.2, 0.25) is 0 Å². The zero-order chi connectivity index (χ0) is 18.7. The van der Waals surface area contributed by atoms with Crippen LogP contribution in [0.3, 0.4) is 0 Å². The van der Waals surface area contributed by atoms with Gasteiger partial charge < -0.3 is 14.6 Å². The van der Waals surface area contributed by atoms with Crippen LogP contribution in [0.1, 0.15) is 38.0 Å². The Balaban J connectivity index is 1.73. The first kappa shape index (κ1) is 18.3. The van der Waals surface area contributed by atoms with Crippen LogP contribution < -0.4 is 10.1 Å². The highest BCUT2D eigenvalue weighted by Gasteiger charge is 2.30. The fourth-order valence-corrected chi connectivity index (χ4v) is 3.04. The van der Waals surface area contributed by atoms with Gasteiger partial charge >= 0.3 is 6.09 Å². The van der Waals surface area contributed by atoms with Gasteiger partial charge in [0.1, 0.15) is 11.4 Å². The van der Waals surface area contributed by atoms with E-state index in [9.17, 15) is 9.90 Å². The second kappa shape index (κ2) is 7.38. The molecule has 26 heavy (non-hydrogen) atoms. The lowest BCUT2D eigenvalue weighted by atomic mass is 9.88. The molecule has 2 N–H and O–H groups in total. The largest absolute Gasteiger partial charge is 0.493 e. The van der Waals surface area contributed by atoms with E-state index in [2.05, 4.69) is 5.32 Å². The first-order valence-electron chi connectivity index (χ1n) is 8.80. The molecule has 5 nitrogen and oxygen atoms in total. The van der Waals surface area contributed by atoms with Crippen molar-refractivity contribution in [2.75, 3.05) is 11.9 Å². The Kier molecular flexibility index (Phi) is 5.18. The van der Waals surface area contributed by atoms with Crippen LogP contribution in [0.15, 0.2) is 48.5 Å². The third-order valence-corrected chi connectivity index (χ3v) is 4.21. The maximum Gasteiger partial charge on any atom is 0.412 e. The molecule has 0 fully saturated rings. The lowest BCUT2D eigenvalue weighted by molar-refractivity contribution is 0.0507. The summed E-state index contributed by atoms with van der Waals surface area (Å²) in [5.74, 6) is 0.609. The molecule has 0 bridgehead atoms. The molecule has 2 aromatic carbocycles. The summed E-state index contributed by atoms with van der Waals surface area (Å²) in [7, 11) is 0. The van der Waals surface area contributed by atoms with Crippen molar-refractivity contribution in [3.63, 3.8) is 0 Å². The number of nitrogens with one attached hydrogen (secondary N) is 1. The van der Waals surface area contributed by atoms with Gasteiger partial charge in [-0.15, -0.1) is 0 Å². The molecule has 0 aromatic heterocycles. The molecule has 2 atom stereocenters. The van der Waals surface area contributed by atoms with E-state index in [-0.39, 0.29) is 5.92 Å². The zero-order valence-corrected chi connectivity index (χ0v) is 15.4. The Morgan fingerprint density at radius 3 is 2.65 bits per heavy atom. The maximum atomic E-state index is 12.0. The van der Waals surface area contributed by atoms with Crippen LogP contribution in [0, 0.1) is 5.92 Å². The Hall–Kier alpha value is -2.53. The molecule has 0 spiro atoms. The van der Waals surface area contributed by atoms with Crippen molar-refractivity contribution in [1.82, 2.24) is 0 Å². The van der Waals surface area contributed by atoms with Crippen molar-refractivity contribution >= 4 is 11.8 Å². The van der Waals surface area contributed by atoms with E-state index < -0.39 is 17.8 Å². The molecule has 138 valence electrons. The van der Waals surface area contributed by atoms with Crippen LogP contribution in [0.2, 0.25) is 0 Å². The van der Waals surface area contributed by atoms with E-state index in [1.54, 1.807) is 18.2 Å². The minimum Gasteiger partial charge on any atom is -0.493 e. The lowest BCUT2D eigenvalue weighted by Crippen LogP contribution is -2.29. The average molecular weight is 355 g/mol. The molecule has 1 aliphatic heterocycles. The number of fused-ring (bicyclic) bond motifs is 1. The normalized spacial score (nSPS) is 19.2. The van der Waals surface area contributed by atoms with E-state index in [0.29, 0.717) is 23.6 Å². The summed E-state index contributed by atoms with van der Waals surface area (Å²) < 4.78 is 11.1. The number of benzene rings is 2. The van der Waals surface area contributed by atoms with Crippen molar-refractivity contribution in [3.05, 3.63) is 59.7 Å². The van der Waals surface area contributed by atoms with E-state index in [1.807, 2.05) is 51.1 Å². The quantitative estimate of drug-likeness (QED) is 0.860. The number of aliphatic hydroxyl groups excluding tert-OH is 1. The SMILES string of the molecule is CC(C)(C)OC(=O)Nc1ccc2c(c1)C(O)C(Cc1ccccc1)CO2. The summed E-state index contributed by atoms with van der Waals surface area (Å²) in [5.41, 5.74) is 1.85. The summed E-state index contributed by atoms with van der Waals surface area (Å²) in [5, 5.41) is 13.5. The predicted molar refractivity (Wildman–Crippen MR) is 100 cm³/mol. The fourth-order valence-electron chi connectivity index (χ4n) is 3.04. The van der Waals surface area contributed by atoms with E-state index >= 15 is 0 Å². The van der Waals surface area contributed by atoms with Gasteiger partial charge in [-0.05, 0) is 51.0 Å². The molecule has 1 aliphatic rings. The molecule has 0 saturated heterocycles. The minimum atomic E-state index is -0.653. The summed E-state index contributed by atoms with van der Waals surface area (Å²) in [6.45, 7) is 5.89. The number of hydrogen-bond acceptors (Lipinski definition) is 4. The molecule has 0 saturated carbocycles. The van der Waals surface area contributed by atoms with E-state index in [4.69, 9.17) is 9.47 Å². The number of carbonyl (C=O) groups excluding carboxylic acids is 1. The Morgan fingerprint density at radius 2 is 1.96 bits per heavy atom. The number of amides is 1. The number of carbonyl (C=O) groups is 1. The molecule has 1 heterocycles. The van der Waals surface area contributed by atoms with Crippen LogP contribution in [-0.4, -0.2) is 23.4 Å². The fraction of sp³-hybridized carbons (Fsp3) is 0.381. The highest BCUT2D eigenvalue weighted by Crippen LogP contribution is 2.38. The predicted octanol–water partition coefficient (Wildman–Crippen LogP) is 4.32. The lowest BCUT2D eigenvalue weighted by Gasteiger charge is -2.31. The summed E-state index contributed by atoms with van der Waals surface area (Å²) >= 11 is 0. The molecule has 2 unspecified atom stereocenters. The highest BCUT2D eigenvalue weighted by molar-refractivity contribution is 5.85. The van der Waals surface area contributed by atoms with Crippen LogP contribution in [0.4, 0.5) is 10.5 Å². The van der Waals surface area contributed by atoms with E-state index in [0.717, 1.165) is 12.0 Å². The monoisotopic (exact) mass is 355 g/mol. The third kappa shape index (κ3) is 4.55. The molecule has 1 amide bonds. The molecule has 3 rings (SSSR count). The Labute approximate surface area is 153 Å². The third-order valence-electron chi connectivity index (χ3n) is 4.21. The van der Waals surface area contributed by atoms with Crippen molar-refractivity contribution in [2.45, 2.75) is 38.9 Å². The van der Waals surface area contributed by atoms with Gasteiger partial charge in [-0.25, -0.2) is 4.79 Å². The van der Waals surface area contributed by atoms with Gasteiger partial charge in [-0.1, -0.05) is 30.3 Å². The number of rotatable bonds is 3. The first-order chi connectivity index (χ1) is 12.3. The van der Waals surface area contributed by atoms with Crippen LogP contribution in [0.5, 0.6) is 5.75 Å². The summed E-state index contributed by atoms with van der Waals surface area (Å²) in [6, 6.07) is 15.3. The standard InChI is InChI=1S/C21H25NO4/c1-21(2,3)26-20(24)22-16-9-10-18-17(12-16)19(23)15(13-25-18)11-14-7-5-4-6-8-14/h4-10,12,15,19,23H,11,13H2,1-3H3,(H,22,24). The Bertz CT molecular complexity index is 767. The first-order valence-corrected chi connectivity index (χ1v) is 8.80. The van der Waals surface area contributed by atoms with E-state index in [1.165, 1.54) is 0 Å². The highest BCUT2D eigenvalue weighted by atomic mass is 16.6. The smallest absolute Gasteiger partial charge is 0.412 e. The van der Waals surface area contributed by atoms with Gasteiger partial charge in [0.25, 0.3) is 0 Å². The van der Waals surface area contributed by atoms with Gasteiger partial charge in [0.15, 0.2) is 0 Å². The topological polar surface area (TPSA) is 67.8 Å². The summed E-state index contributed by atoms with van der Waals surface area (Å²) in [4.78, 5) is 12.0. The molecule has 0 radical (unpaired) electrons. The Morgan fingerprint density at radius 1 is 1.23 bits per heavy atom. The summed E-state index contributed by atoms with van der Waals surface area (Å²) in [6.07, 6.45) is -0.450. The van der Waals surface area contributed by atoms with Gasteiger partial charge in [0, 0.05) is 17.2 Å².